The fourth-order valence-corrected chi connectivity index (χ4v) is 6.89. The highest BCUT2D eigenvalue weighted by Gasteiger charge is 2.27. The summed E-state index contributed by atoms with van der Waals surface area (Å²) < 4.78 is 50.5. The molecular weight excluding hydrogens is 581 g/mol. The maximum Gasteiger partial charge on any atom is 0.264 e. The molecule has 0 saturated carbocycles. The Kier molecular flexibility index (Phi) is 7.64. The topological polar surface area (TPSA) is 137 Å². The Hall–Kier alpha value is -3.58. The average molecular weight is 612 g/mol. The summed E-state index contributed by atoms with van der Waals surface area (Å²) in [4.78, 5) is 13.3. The van der Waals surface area contributed by atoms with Crippen LogP contribution in [0.3, 0.4) is 0 Å². The Balaban J connectivity index is 1.36. The molecule has 0 radical (unpaired) electrons. The molecule has 1 saturated heterocycles. The van der Waals surface area contributed by atoms with Crippen LogP contribution in [-0.2, 0) is 14.8 Å². The number of nitrogen functional groups attached to an aromatic ring is 1. The first kappa shape index (κ1) is 28.5. The number of rotatable bonds is 8. The van der Waals surface area contributed by atoms with Crippen molar-refractivity contribution in [3.63, 3.8) is 0 Å². The number of hydrogen-bond donors (Lipinski definition) is 3. The lowest BCUT2D eigenvalue weighted by molar-refractivity contribution is -0.0103. The van der Waals surface area contributed by atoms with E-state index in [1.807, 2.05) is 18.2 Å². The SMILES string of the molecule is CC(C)c1nc(-c2cnc(NS(=O)(=O)c3ccccc3Cl)c(F)c2)c2c(N)ncc(C3=CCC(NC4COC4)CC3)n12. The molecular formula is C29H31ClFN7O3S. The van der Waals surface area contributed by atoms with Gasteiger partial charge in [0.1, 0.15) is 27.7 Å². The van der Waals surface area contributed by atoms with Crippen molar-refractivity contribution in [3.05, 3.63) is 71.2 Å². The molecule has 13 heteroatoms. The van der Waals surface area contributed by atoms with Gasteiger partial charge in [0.25, 0.3) is 10.0 Å². The Morgan fingerprint density at radius 3 is 2.60 bits per heavy atom. The molecule has 1 fully saturated rings. The summed E-state index contributed by atoms with van der Waals surface area (Å²) in [5.41, 5.74) is 9.75. The lowest BCUT2D eigenvalue weighted by Crippen LogP contribution is -2.50. The van der Waals surface area contributed by atoms with Gasteiger partial charge in [-0.3, -0.25) is 9.12 Å². The van der Waals surface area contributed by atoms with Crippen LogP contribution in [0, 0.1) is 5.82 Å². The molecule has 1 atom stereocenters. The molecule has 1 aliphatic carbocycles. The first-order valence-corrected chi connectivity index (χ1v) is 15.6. The largest absolute Gasteiger partial charge is 0.382 e. The van der Waals surface area contributed by atoms with Gasteiger partial charge >= 0.3 is 0 Å². The van der Waals surface area contributed by atoms with E-state index in [9.17, 15) is 8.42 Å². The van der Waals surface area contributed by atoms with Crippen molar-refractivity contribution in [1.82, 2.24) is 24.7 Å². The number of aromatic nitrogens is 4. The number of ether oxygens (including phenoxy) is 1. The molecule has 10 nitrogen and oxygen atoms in total. The van der Waals surface area contributed by atoms with Gasteiger partial charge in [-0.2, -0.15) is 0 Å². The van der Waals surface area contributed by atoms with Crippen molar-refractivity contribution < 1.29 is 17.5 Å². The lowest BCUT2D eigenvalue weighted by Gasteiger charge is -2.33. The normalized spacial score (nSPS) is 17.8. The zero-order valence-electron chi connectivity index (χ0n) is 23.1. The number of nitrogens with two attached hydrogens (primary N) is 1. The van der Waals surface area contributed by atoms with Crippen LogP contribution in [0.25, 0.3) is 22.3 Å². The van der Waals surface area contributed by atoms with E-state index in [1.54, 1.807) is 12.3 Å². The summed E-state index contributed by atoms with van der Waals surface area (Å²) in [5.74, 6) is -0.312. The van der Waals surface area contributed by atoms with Crippen LogP contribution in [0.15, 0.2) is 53.7 Å². The predicted octanol–water partition coefficient (Wildman–Crippen LogP) is 5.01. The second kappa shape index (κ2) is 11.3. The highest BCUT2D eigenvalue weighted by atomic mass is 35.5. The summed E-state index contributed by atoms with van der Waals surface area (Å²) in [6.07, 6.45) is 8.09. The van der Waals surface area contributed by atoms with Gasteiger partial charge in [0.2, 0.25) is 0 Å². The summed E-state index contributed by atoms with van der Waals surface area (Å²) in [6.45, 7) is 5.57. The fourth-order valence-electron chi connectivity index (χ4n) is 5.35. The summed E-state index contributed by atoms with van der Waals surface area (Å²) in [5, 5.41) is 3.66. The van der Waals surface area contributed by atoms with E-state index in [0.29, 0.717) is 28.9 Å². The second-order valence-corrected chi connectivity index (χ2v) is 12.9. The number of pyridine rings is 1. The van der Waals surface area contributed by atoms with Gasteiger partial charge in [0.05, 0.1) is 36.2 Å². The molecule has 0 amide bonds. The molecule has 220 valence electrons. The number of fused-ring (bicyclic) bond motifs is 1. The molecule has 4 aromatic rings. The molecule has 1 aromatic carbocycles. The van der Waals surface area contributed by atoms with Gasteiger partial charge in [-0.1, -0.05) is 43.7 Å². The standard InChI is InChI=1S/C29H31ClFN7O3S/c1-16(2)29-36-25(18-11-22(31)28(34-12-18)37-42(39,40)24-6-4-3-5-21(24)30)26-27(32)33-13-23(38(26)29)17-7-9-19(10-8-17)35-20-14-41-15-20/h3-7,11-13,16,19-20,35H,8-10,14-15H2,1-2H3,(H2,32,33)(H,34,37). The van der Waals surface area contributed by atoms with E-state index in [2.05, 4.69) is 26.1 Å². The van der Waals surface area contributed by atoms with E-state index in [0.717, 1.165) is 49.6 Å². The quantitative estimate of drug-likeness (QED) is 0.253. The third-order valence-electron chi connectivity index (χ3n) is 7.55. The minimum absolute atomic E-state index is 0.0133. The maximum absolute atomic E-state index is 15.3. The zero-order chi connectivity index (χ0) is 29.6. The van der Waals surface area contributed by atoms with Crippen molar-refractivity contribution in [3.8, 4) is 11.3 Å². The van der Waals surface area contributed by atoms with E-state index in [4.69, 9.17) is 27.1 Å². The number of anilines is 2. The van der Waals surface area contributed by atoms with Crippen molar-refractivity contribution in [2.45, 2.75) is 56.0 Å². The van der Waals surface area contributed by atoms with Crippen LogP contribution >= 0.6 is 11.6 Å². The Morgan fingerprint density at radius 1 is 1.17 bits per heavy atom. The number of nitrogens with one attached hydrogen (secondary N) is 2. The van der Waals surface area contributed by atoms with Crippen molar-refractivity contribution in [2.75, 3.05) is 23.7 Å². The number of halogens is 2. The molecule has 2 aliphatic rings. The summed E-state index contributed by atoms with van der Waals surface area (Å²) in [6, 6.07) is 7.91. The molecule has 3 aromatic heterocycles. The molecule has 0 spiro atoms. The van der Waals surface area contributed by atoms with Crippen LogP contribution in [0.5, 0.6) is 0 Å². The summed E-state index contributed by atoms with van der Waals surface area (Å²) >= 11 is 6.05. The Morgan fingerprint density at radius 2 is 1.95 bits per heavy atom. The minimum Gasteiger partial charge on any atom is -0.382 e. The molecule has 4 heterocycles. The first-order chi connectivity index (χ1) is 20.1. The number of sulfonamides is 1. The van der Waals surface area contributed by atoms with E-state index in [1.165, 1.54) is 30.5 Å². The molecule has 42 heavy (non-hydrogen) atoms. The third-order valence-corrected chi connectivity index (χ3v) is 9.39. The molecule has 1 aliphatic heterocycles. The van der Waals surface area contributed by atoms with Crippen LogP contribution in [0.1, 0.15) is 50.5 Å². The smallest absolute Gasteiger partial charge is 0.264 e. The highest BCUT2D eigenvalue weighted by molar-refractivity contribution is 7.92. The molecule has 4 N–H and O–H groups in total. The van der Waals surface area contributed by atoms with Gasteiger partial charge in [-0.15, -0.1) is 0 Å². The highest BCUT2D eigenvalue weighted by Crippen LogP contribution is 2.36. The molecule has 0 bridgehead atoms. The summed E-state index contributed by atoms with van der Waals surface area (Å²) in [7, 11) is -4.17. The van der Waals surface area contributed by atoms with Gasteiger partial charge in [-0.05, 0) is 43.0 Å². The van der Waals surface area contributed by atoms with Gasteiger partial charge in [-0.25, -0.2) is 27.8 Å². The number of benzene rings is 1. The third kappa shape index (κ3) is 5.35. The average Bonchev–Trinajstić information content (AvgIpc) is 3.35. The van der Waals surface area contributed by atoms with Crippen LogP contribution in [0.2, 0.25) is 5.02 Å². The van der Waals surface area contributed by atoms with Crippen molar-refractivity contribution in [1.29, 1.82) is 0 Å². The van der Waals surface area contributed by atoms with Crippen LogP contribution in [-0.4, -0.2) is 53.1 Å². The van der Waals surface area contributed by atoms with Crippen LogP contribution < -0.4 is 15.8 Å². The van der Waals surface area contributed by atoms with Crippen molar-refractivity contribution in [2.24, 2.45) is 0 Å². The minimum atomic E-state index is -4.17. The zero-order valence-corrected chi connectivity index (χ0v) is 24.7. The van der Waals surface area contributed by atoms with Gasteiger partial charge < -0.3 is 15.8 Å². The number of allylic oxidation sites excluding steroid dienone is 1. The van der Waals surface area contributed by atoms with E-state index in [-0.39, 0.29) is 21.7 Å². The Bertz CT molecular complexity index is 1800. The van der Waals surface area contributed by atoms with E-state index < -0.39 is 21.7 Å². The van der Waals surface area contributed by atoms with E-state index >= 15 is 4.39 Å². The van der Waals surface area contributed by atoms with Gasteiger partial charge in [0.15, 0.2) is 11.6 Å². The number of nitrogens with zero attached hydrogens (tertiary/aromatic N) is 4. The molecule has 1 unspecified atom stereocenters. The first-order valence-electron chi connectivity index (χ1n) is 13.8. The monoisotopic (exact) mass is 611 g/mol. The van der Waals surface area contributed by atoms with Gasteiger partial charge in [0, 0.05) is 23.7 Å². The fraction of sp³-hybridized carbons (Fsp3) is 0.345. The van der Waals surface area contributed by atoms with Crippen LogP contribution in [0.4, 0.5) is 16.0 Å². The predicted molar refractivity (Wildman–Crippen MR) is 160 cm³/mol. The van der Waals surface area contributed by atoms with Crippen molar-refractivity contribution >= 4 is 44.3 Å². The second-order valence-electron chi connectivity index (χ2n) is 10.9. The molecule has 6 rings (SSSR count). The number of hydrogen-bond acceptors (Lipinski definition) is 8. The Labute approximate surface area is 248 Å². The maximum atomic E-state index is 15.3. The number of imidazole rings is 1. The lowest BCUT2D eigenvalue weighted by atomic mass is 9.92.